The van der Waals surface area contributed by atoms with Crippen LogP contribution in [-0.4, -0.2) is 35.5 Å². The highest BCUT2D eigenvalue weighted by Crippen LogP contribution is 2.33. The second-order valence-corrected chi connectivity index (χ2v) is 6.24. The van der Waals surface area contributed by atoms with E-state index in [0.717, 1.165) is 28.8 Å². The normalized spacial score (nSPS) is 19.7. The van der Waals surface area contributed by atoms with Crippen molar-refractivity contribution in [3.05, 3.63) is 65.2 Å². The Morgan fingerprint density at radius 3 is 2.61 bits per heavy atom. The van der Waals surface area contributed by atoms with Crippen molar-refractivity contribution >= 4 is 11.6 Å². The summed E-state index contributed by atoms with van der Waals surface area (Å²) in [6.07, 6.45) is 0.231. The van der Waals surface area contributed by atoms with Crippen molar-refractivity contribution in [1.82, 2.24) is 4.90 Å². The van der Waals surface area contributed by atoms with Gasteiger partial charge in [-0.2, -0.15) is 0 Å². The lowest BCUT2D eigenvalue weighted by molar-refractivity contribution is -0.117. The van der Waals surface area contributed by atoms with Crippen LogP contribution in [0.1, 0.15) is 22.8 Å². The molecule has 4 heteroatoms. The predicted molar refractivity (Wildman–Crippen MR) is 91.3 cm³/mol. The highest BCUT2D eigenvalue weighted by Gasteiger charge is 2.33. The summed E-state index contributed by atoms with van der Waals surface area (Å²) in [5.74, 6) is -0.0699. The minimum absolute atomic E-state index is 0.0591. The van der Waals surface area contributed by atoms with Crippen LogP contribution in [0.3, 0.4) is 0 Å². The van der Waals surface area contributed by atoms with E-state index >= 15 is 0 Å². The molecule has 0 fully saturated rings. The van der Waals surface area contributed by atoms with Crippen LogP contribution in [0, 0.1) is 6.92 Å². The number of aliphatic hydroxyl groups is 1. The van der Waals surface area contributed by atoms with Crippen molar-refractivity contribution in [2.75, 3.05) is 18.9 Å². The van der Waals surface area contributed by atoms with E-state index in [-0.39, 0.29) is 18.5 Å². The number of rotatable bonds is 4. The second kappa shape index (κ2) is 6.52. The minimum atomic E-state index is -0.539. The lowest BCUT2D eigenvalue weighted by Gasteiger charge is -2.26. The largest absolute Gasteiger partial charge is 0.387 e. The molecule has 0 heterocycles. The Morgan fingerprint density at radius 2 is 1.91 bits per heavy atom. The monoisotopic (exact) mass is 310 g/mol. The molecule has 0 saturated carbocycles. The summed E-state index contributed by atoms with van der Waals surface area (Å²) in [6.45, 7) is 2.27. The predicted octanol–water partition coefficient (Wildman–Crippen LogP) is 2.52. The molecular weight excluding hydrogens is 288 g/mol. The number of nitrogens with zero attached hydrogens (tertiary/aromatic N) is 1. The third-order valence-electron chi connectivity index (χ3n) is 4.46. The van der Waals surface area contributed by atoms with E-state index in [1.54, 1.807) is 0 Å². The summed E-state index contributed by atoms with van der Waals surface area (Å²) >= 11 is 0. The van der Waals surface area contributed by atoms with E-state index in [1.165, 1.54) is 0 Å². The molecule has 3 rings (SSSR count). The van der Waals surface area contributed by atoms with Crippen molar-refractivity contribution in [2.45, 2.75) is 25.5 Å². The fourth-order valence-corrected chi connectivity index (χ4v) is 3.13. The van der Waals surface area contributed by atoms with Crippen molar-refractivity contribution in [3.63, 3.8) is 0 Å². The fraction of sp³-hybridized carbons (Fsp3) is 0.316. The molecule has 23 heavy (non-hydrogen) atoms. The number of carbonyl (C=O) groups excluding carboxylic acids is 1. The number of hydrogen-bond acceptors (Lipinski definition) is 3. The van der Waals surface area contributed by atoms with Crippen LogP contribution < -0.4 is 5.32 Å². The standard InChI is InChI=1S/C19H22N2O2/c1-13-7-9-15(10-8-13)20-18(22)12-21(2)17-11-14-5-3-4-6-16(14)19(17)23/h3-10,17,19,23H,11-12H2,1-2H3,(H,20,22). The molecule has 2 aromatic rings. The van der Waals surface area contributed by atoms with Crippen LogP contribution in [0.4, 0.5) is 5.69 Å². The van der Waals surface area contributed by atoms with E-state index in [1.807, 2.05) is 67.4 Å². The number of nitrogens with one attached hydrogen (secondary N) is 1. The van der Waals surface area contributed by atoms with Gasteiger partial charge in [-0.3, -0.25) is 9.69 Å². The number of aryl methyl sites for hydroxylation is 1. The van der Waals surface area contributed by atoms with Gasteiger partial charge in [-0.25, -0.2) is 0 Å². The minimum Gasteiger partial charge on any atom is -0.387 e. The Morgan fingerprint density at radius 1 is 1.22 bits per heavy atom. The van der Waals surface area contributed by atoms with Crippen LogP contribution in [0.5, 0.6) is 0 Å². The summed E-state index contributed by atoms with van der Waals surface area (Å²) in [6, 6.07) is 15.6. The number of hydrogen-bond donors (Lipinski definition) is 2. The van der Waals surface area contributed by atoms with Gasteiger partial charge in [0.05, 0.1) is 12.6 Å². The molecule has 1 aliphatic carbocycles. The van der Waals surface area contributed by atoms with Crippen molar-refractivity contribution in [1.29, 1.82) is 0 Å². The molecule has 0 radical (unpaired) electrons. The topological polar surface area (TPSA) is 52.6 Å². The Balaban J connectivity index is 1.60. The molecule has 1 amide bonds. The molecule has 0 bridgehead atoms. The van der Waals surface area contributed by atoms with Gasteiger partial charge in [0, 0.05) is 11.7 Å². The van der Waals surface area contributed by atoms with Gasteiger partial charge in [0.25, 0.3) is 0 Å². The van der Waals surface area contributed by atoms with Crippen LogP contribution in [0.2, 0.25) is 0 Å². The zero-order valence-corrected chi connectivity index (χ0v) is 13.5. The first-order valence-electron chi connectivity index (χ1n) is 7.87. The number of amides is 1. The van der Waals surface area contributed by atoms with Crippen LogP contribution in [0.15, 0.2) is 48.5 Å². The smallest absolute Gasteiger partial charge is 0.238 e. The number of aliphatic hydroxyl groups excluding tert-OH is 1. The Bertz CT molecular complexity index is 697. The molecule has 0 spiro atoms. The van der Waals surface area contributed by atoms with Gasteiger partial charge in [0.2, 0.25) is 5.91 Å². The van der Waals surface area contributed by atoms with E-state index in [4.69, 9.17) is 0 Å². The molecule has 2 aromatic carbocycles. The number of likely N-dealkylation sites (N-methyl/N-ethyl adjacent to an activating group) is 1. The molecule has 4 nitrogen and oxygen atoms in total. The molecule has 0 saturated heterocycles. The lowest BCUT2D eigenvalue weighted by Crippen LogP contribution is -2.40. The van der Waals surface area contributed by atoms with E-state index in [9.17, 15) is 9.90 Å². The summed E-state index contributed by atoms with van der Waals surface area (Å²) in [7, 11) is 1.88. The number of benzene rings is 2. The van der Waals surface area contributed by atoms with Gasteiger partial charge in [0.15, 0.2) is 0 Å². The summed E-state index contributed by atoms with van der Waals surface area (Å²) in [5, 5.41) is 13.4. The summed E-state index contributed by atoms with van der Waals surface area (Å²) < 4.78 is 0. The first kappa shape index (κ1) is 15.7. The summed E-state index contributed by atoms with van der Waals surface area (Å²) in [5.41, 5.74) is 4.09. The maximum absolute atomic E-state index is 12.2. The van der Waals surface area contributed by atoms with Gasteiger partial charge >= 0.3 is 0 Å². The number of fused-ring (bicyclic) bond motifs is 1. The van der Waals surface area contributed by atoms with Gasteiger partial charge in [-0.15, -0.1) is 0 Å². The maximum Gasteiger partial charge on any atom is 0.238 e. The summed E-state index contributed by atoms with van der Waals surface area (Å²) in [4.78, 5) is 14.1. The maximum atomic E-state index is 12.2. The van der Waals surface area contributed by atoms with Crippen molar-refractivity contribution in [3.8, 4) is 0 Å². The Hall–Kier alpha value is -2.17. The molecule has 0 aliphatic heterocycles. The average molecular weight is 310 g/mol. The molecule has 0 aromatic heterocycles. The third-order valence-corrected chi connectivity index (χ3v) is 4.46. The zero-order valence-electron chi connectivity index (χ0n) is 13.5. The number of carbonyl (C=O) groups is 1. The fourth-order valence-electron chi connectivity index (χ4n) is 3.13. The molecule has 1 aliphatic rings. The second-order valence-electron chi connectivity index (χ2n) is 6.24. The molecule has 2 N–H and O–H groups in total. The van der Waals surface area contributed by atoms with E-state index in [0.29, 0.717) is 0 Å². The highest BCUT2D eigenvalue weighted by atomic mass is 16.3. The van der Waals surface area contributed by atoms with Gasteiger partial charge in [-0.05, 0) is 43.7 Å². The SMILES string of the molecule is Cc1ccc(NC(=O)CN(C)C2Cc3ccccc3C2O)cc1. The lowest BCUT2D eigenvalue weighted by atomic mass is 10.1. The van der Waals surface area contributed by atoms with Crippen LogP contribution in [-0.2, 0) is 11.2 Å². The average Bonchev–Trinajstić information content (AvgIpc) is 2.87. The van der Waals surface area contributed by atoms with Gasteiger partial charge in [-0.1, -0.05) is 42.0 Å². The molecular formula is C19H22N2O2. The highest BCUT2D eigenvalue weighted by molar-refractivity contribution is 5.92. The number of anilines is 1. The quantitative estimate of drug-likeness (QED) is 0.912. The van der Waals surface area contributed by atoms with Crippen LogP contribution in [0.25, 0.3) is 0 Å². The van der Waals surface area contributed by atoms with E-state index in [2.05, 4.69) is 5.32 Å². The van der Waals surface area contributed by atoms with Crippen molar-refractivity contribution < 1.29 is 9.90 Å². The van der Waals surface area contributed by atoms with E-state index < -0.39 is 6.10 Å². The molecule has 120 valence electrons. The van der Waals surface area contributed by atoms with Crippen molar-refractivity contribution in [2.24, 2.45) is 0 Å². The molecule has 2 unspecified atom stereocenters. The zero-order chi connectivity index (χ0) is 16.4. The molecule has 2 atom stereocenters. The Labute approximate surface area is 136 Å². The first-order valence-corrected chi connectivity index (χ1v) is 7.87. The van der Waals surface area contributed by atoms with Gasteiger partial charge < -0.3 is 10.4 Å². The van der Waals surface area contributed by atoms with Gasteiger partial charge in [0.1, 0.15) is 0 Å². The Kier molecular flexibility index (Phi) is 4.46. The third kappa shape index (κ3) is 3.44. The van der Waals surface area contributed by atoms with Crippen LogP contribution >= 0.6 is 0 Å². The first-order chi connectivity index (χ1) is 11.0.